The number of primary amides is 1. The molecular weight excluding hydrogens is 284 g/mol. The molecule has 0 aliphatic heterocycles. The van der Waals surface area contributed by atoms with E-state index in [1.165, 1.54) is 5.56 Å². The van der Waals surface area contributed by atoms with Crippen LogP contribution in [0.3, 0.4) is 0 Å². The summed E-state index contributed by atoms with van der Waals surface area (Å²) < 4.78 is 0. The van der Waals surface area contributed by atoms with E-state index in [4.69, 9.17) is 5.73 Å². The highest BCUT2D eigenvalue weighted by atomic mass is 16.1. The summed E-state index contributed by atoms with van der Waals surface area (Å²) in [5, 5.41) is 0. The number of amides is 1. The minimum atomic E-state index is -0.375. The maximum absolute atomic E-state index is 11.5. The summed E-state index contributed by atoms with van der Waals surface area (Å²) in [6.07, 6.45) is 3.45. The second-order valence-corrected chi connectivity index (χ2v) is 5.44. The van der Waals surface area contributed by atoms with Crippen molar-refractivity contribution < 1.29 is 4.79 Å². The second-order valence-electron chi connectivity index (χ2n) is 5.44. The van der Waals surface area contributed by atoms with Gasteiger partial charge in [-0.25, -0.2) is 0 Å². The summed E-state index contributed by atoms with van der Waals surface area (Å²) in [6.45, 7) is 0. The largest absolute Gasteiger partial charge is 0.366 e. The summed E-state index contributed by atoms with van der Waals surface area (Å²) >= 11 is 0. The number of carbonyl (C=O) groups excluding carboxylic acids is 1. The Bertz CT molecular complexity index is 813. The summed E-state index contributed by atoms with van der Waals surface area (Å²) in [4.78, 5) is 15.9. The van der Waals surface area contributed by atoms with Crippen molar-refractivity contribution in [2.75, 3.05) is 0 Å². The minimum absolute atomic E-state index is 0.375. The molecule has 0 bridgehead atoms. The van der Waals surface area contributed by atoms with E-state index in [0.717, 1.165) is 29.7 Å². The highest BCUT2D eigenvalue weighted by Crippen LogP contribution is 2.19. The molecule has 0 atom stereocenters. The molecule has 0 saturated heterocycles. The molecule has 2 aromatic carbocycles. The fourth-order valence-electron chi connectivity index (χ4n) is 2.65. The number of aromatic nitrogens is 1. The van der Waals surface area contributed by atoms with E-state index in [9.17, 15) is 4.79 Å². The Hall–Kier alpha value is -2.94. The van der Waals surface area contributed by atoms with Gasteiger partial charge in [-0.05, 0) is 42.2 Å². The predicted octanol–water partition coefficient (Wildman–Crippen LogP) is 3.63. The molecule has 1 heterocycles. The average Bonchev–Trinajstić information content (AvgIpc) is 2.61. The van der Waals surface area contributed by atoms with Crippen LogP contribution in [-0.4, -0.2) is 10.9 Å². The molecule has 0 radical (unpaired) electrons. The molecule has 0 unspecified atom stereocenters. The number of benzene rings is 2. The lowest BCUT2D eigenvalue weighted by molar-refractivity contribution is 0.0999. The topological polar surface area (TPSA) is 56.0 Å². The van der Waals surface area contributed by atoms with Gasteiger partial charge in [0, 0.05) is 17.3 Å². The van der Waals surface area contributed by atoms with Gasteiger partial charge >= 0.3 is 0 Å². The molecule has 0 aliphatic carbocycles. The monoisotopic (exact) mass is 302 g/mol. The van der Waals surface area contributed by atoms with Gasteiger partial charge in [0.25, 0.3) is 0 Å². The van der Waals surface area contributed by atoms with Gasteiger partial charge in [-0.1, -0.05) is 48.5 Å². The first kappa shape index (κ1) is 15.0. The van der Waals surface area contributed by atoms with Crippen molar-refractivity contribution in [2.24, 2.45) is 5.73 Å². The fourth-order valence-corrected chi connectivity index (χ4v) is 2.65. The first-order chi connectivity index (χ1) is 11.2. The first-order valence-electron chi connectivity index (χ1n) is 7.62. The minimum Gasteiger partial charge on any atom is -0.366 e. The van der Waals surface area contributed by atoms with E-state index in [2.05, 4.69) is 23.2 Å². The smallest absolute Gasteiger partial charge is 0.248 e. The zero-order valence-electron chi connectivity index (χ0n) is 12.8. The maximum Gasteiger partial charge on any atom is 0.248 e. The number of nitrogens with two attached hydrogens (primary N) is 1. The number of nitrogens with zero attached hydrogens (tertiary/aromatic N) is 1. The second kappa shape index (κ2) is 6.88. The van der Waals surface area contributed by atoms with Gasteiger partial charge in [0.2, 0.25) is 5.91 Å². The molecule has 3 heteroatoms. The van der Waals surface area contributed by atoms with Crippen LogP contribution in [0.25, 0.3) is 11.3 Å². The van der Waals surface area contributed by atoms with E-state index in [1.54, 1.807) is 6.07 Å². The van der Waals surface area contributed by atoms with E-state index in [0.29, 0.717) is 5.56 Å². The lowest BCUT2D eigenvalue weighted by Gasteiger charge is -2.08. The van der Waals surface area contributed by atoms with Crippen molar-refractivity contribution in [3.8, 4) is 11.3 Å². The number of carbonyl (C=O) groups is 1. The summed E-state index contributed by atoms with van der Waals surface area (Å²) in [5.41, 5.74) is 10.3. The zero-order valence-corrected chi connectivity index (χ0v) is 12.8. The molecule has 3 nitrogen and oxygen atoms in total. The first-order valence-corrected chi connectivity index (χ1v) is 7.62. The lowest BCUT2D eigenvalue weighted by Crippen LogP contribution is -2.13. The van der Waals surface area contributed by atoms with Gasteiger partial charge in [0.15, 0.2) is 0 Å². The Balaban J connectivity index is 1.78. The highest BCUT2D eigenvalue weighted by molar-refractivity contribution is 5.94. The van der Waals surface area contributed by atoms with Crippen LogP contribution in [0.1, 0.15) is 21.5 Å². The molecule has 1 amide bonds. The number of pyridine rings is 1. The number of hydrogen-bond acceptors (Lipinski definition) is 2. The molecule has 0 aliphatic rings. The number of hydrogen-bond donors (Lipinski definition) is 1. The Kier molecular flexibility index (Phi) is 4.48. The third-order valence-corrected chi connectivity index (χ3v) is 3.86. The van der Waals surface area contributed by atoms with Crippen LogP contribution in [0.2, 0.25) is 0 Å². The summed E-state index contributed by atoms with van der Waals surface area (Å²) in [6, 6.07) is 21.7. The average molecular weight is 302 g/mol. The third kappa shape index (κ3) is 3.64. The van der Waals surface area contributed by atoms with Crippen LogP contribution in [0.4, 0.5) is 0 Å². The third-order valence-electron chi connectivity index (χ3n) is 3.86. The molecular formula is C20H18N2O. The van der Waals surface area contributed by atoms with Crippen LogP contribution in [0.5, 0.6) is 0 Å². The van der Waals surface area contributed by atoms with Gasteiger partial charge in [-0.3, -0.25) is 9.78 Å². The zero-order chi connectivity index (χ0) is 16.1. The van der Waals surface area contributed by atoms with Gasteiger partial charge < -0.3 is 5.73 Å². The molecule has 3 rings (SSSR count). The van der Waals surface area contributed by atoms with Crippen LogP contribution >= 0.6 is 0 Å². The molecule has 0 saturated carbocycles. The molecule has 23 heavy (non-hydrogen) atoms. The van der Waals surface area contributed by atoms with Gasteiger partial charge in [-0.15, -0.1) is 0 Å². The van der Waals surface area contributed by atoms with Crippen molar-refractivity contribution in [3.63, 3.8) is 0 Å². The van der Waals surface area contributed by atoms with Gasteiger partial charge in [0.1, 0.15) is 0 Å². The van der Waals surface area contributed by atoms with E-state index < -0.39 is 0 Å². The Labute approximate surface area is 135 Å². The maximum atomic E-state index is 11.5. The molecule has 2 N–H and O–H groups in total. The van der Waals surface area contributed by atoms with Crippen molar-refractivity contribution in [3.05, 3.63) is 89.6 Å². The van der Waals surface area contributed by atoms with E-state index in [-0.39, 0.29) is 5.91 Å². The lowest BCUT2D eigenvalue weighted by atomic mass is 9.99. The molecule has 3 aromatic rings. The van der Waals surface area contributed by atoms with Gasteiger partial charge in [0.05, 0.1) is 5.69 Å². The number of aryl methyl sites for hydroxylation is 2. The molecule has 114 valence electrons. The van der Waals surface area contributed by atoms with Crippen LogP contribution in [0.15, 0.2) is 72.9 Å². The predicted molar refractivity (Wildman–Crippen MR) is 92.0 cm³/mol. The Morgan fingerprint density at radius 3 is 2.43 bits per heavy atom. The van der Waals surface area contributed by atoms with E-state index >= 15 is 0 Å². The van der Waals surface area contributed by atoms with E-state index in [1.807, 2.05) is 48.7 Å². The van der Waals surface area contributed by atoms with Crippen molar-refractivity contribution in [2.45, 2.75) is 12.8 Å². The normalized spacial score (nSPS) is 10.4. The SMILES string of the molecule is NC(=O)c1ccccc1CCc1ccnc(-c2ccccc2)c1. The highest BCUT2D eigenvalue weighted by Gasteiger charge is 2.07. The fraction of sp³-hybridized carbons (Fsp3) is 0.100. The summed E-state index contributed by atoms with van der Waals surface area (Å²) in [7, 11) is 0. The molecule has 0 fully saturated rings. The number of rotatable bonds is 5. The van der Waals surface area contributed by atoms with Crippen molar-refractivity contribution in [1.29, 1.82) is 0 Å². The quantitative estimate of drug-likeness (QED) is 0.782. The van der Waals surface area contributed by atoms with Crippen molar-refractivity contribution in [1.82, 2.24) is 4.98 Å². The van der Waals surface area contributed by atoms with Crippen LogP contribution in [0, 0.1) is 0 Å². The van der Waals surface area contributed by atoms with Crippen molar-refractivity contribution >= 4 is 5.91 Å². The van der Waals surface area contributed by atoms with Crippen LogP contribution in [-0.2, 0) is 12.8 Å². The summed E-state index contributed by atoms with van der Waals surface area (Å²) in [5.74, 6) is -0.375. The standard InChI is InChI=1S/C20H18N2O/c21-20(23)18-9-5-4-6-16(18)11-10-15-12-13-22-19(14-15)17-7-2-1-3-8-17/h1-9,12-14H,10-11H2,(H2,21,23). The Morgan fingerprint density at radius 1 is 0.913 bits per heavy atom. The molecule has 0 spiro atoms. The van der Waals surface area contributed by atoms with Gasteiger partial charge in [-0.2, -0.15) is 0 Å². The van der Waals surface area contributed by atoms with Crippen LogP contribution < -0.4 is 5.73 Å². The molecule has 1 aromatic heterocycles. The Morgan fingerprint density at radius 2 is 1.65 bits per heavy atom.